The first-order chi connectivity index (χ1) is 29.8. The van der Waals surface area contributed by atoms with Crippen LogP contribution in [0, 0.1) is 0 Å². The maximum atomic E-state index is 12.1. The fourth-order valence-electron chi connectivity index (χ4n) is 5.88. The van der Waals surface area contributed by atoms with Crippen molar-refractivity contribution < 1.29 is 37.9 Å². The van der Waals surface area contributed by atoms with Crippen molar-refractivity contribution in [2.24, 2.45) is 0 Å². The van der Waals surface area contributed by atoms with Crippen LogP contribution in [0.15, 0.2) is 97.2 Å². The second-order valence-corrected chi connectivity index (χ2v) is 16.8. The zero-order valence-electron chi connectivity index (χ0n) is 38.3. The van der Waals surface area contributed by atoms with Crippen LogP contribution in [0.25, 0.3) is 0 Å². The third kappa shape index (κ3) is 47.8. The van der Waals surface area contributed by atoms with E-state index < -0.39 is 26.5 Å². The molecule has 0 aliphatic carbocycles. The molecule has 2 unspecified atom stereocenters. The highest BCUT2D eigenvalue weighted by molar-refractivity contribution is 7.47. The number of allylic oxidation sites excluding steroid dienone is 16. The maximum absolute atomic E-state index is 12.1. The number of aliphatic hydroxyl groups is 1. The number of unbranched alkanes of at least 4 members (excludes halogenated alkanes) is 14. The normalized spacial score (nSPS) is 14.1. The number of phosphoric acid groups is 1. The average molecular weight is 872 g/mol. The van der Waals surface area contributed by atoms with E-state index in [0.717, 1.165) is 96.3 Å². The minimum atomic E-state index is -4.44. The van der Waals surface area contributed by atoms with Crippen LogP contribution in [-0.4, -0.2) is 54.3 Å². The van der Waals surface area contributed by atoms with Crippen LogP contribution in [0.5, 0.6) is 0 Å². The molecule has 0 rings (SSSR count). The van der Waals surface area contributed by atoms with E-state index in [1.165, 1.54) is 51.4 Å². The van der Waals surface area contributed by atoms with Crippen LogP contribution in [0.2, 0.25) is 0 Å². The first kappa shape index (κ1) is 57.9. The molecule has 0 fully saturated rings. The van der Waals surface area contributed by atoms with Crippen molar-refractivity contribution in [2.45, 2.75) is 187 Å². The number of rotatable bonds is 43. The lowest BCUT2D eigenvalue weighted by Crippen LogP contribution is -2.27. The topological polar surface area (TPSA) is 131 Å². The number of phosphoric ester groups is 1. The van der Waals surface area contributed by atoms with Gasteiger partial charge in [0.1, 0.15) is 12.7 Å². The summed E-state index contributed by atoms with van der Waals surface area (Å²) in [5, 5.41) is 12.7. The van der Waals surface area contributed by atoms with Gasteiger partial charge in [-0.2, -0.15) is 0 Å². The van der Waals surface area contributed by atoms with E-state index in [2.05, 4.69) is 116 Å². The summed E-state index contributed by atoms with van der Waals surface area (Å²) in [6.45, 7) is 3.42. The molecule has 0 radical (unpaired) electrons. The molecule has 0 aromatic carbocycles. The van der Waals surface area contributed by atoms with Crippen molar-refractivity contribution in [2.75, 3.05) is 26.4 Å². The van der Waals surface area contributed by atoms with E-state index in [9.17, 15) is 24.2 Å². The van der Waals surface area contributed by atoms with Crippen molar-refractivity contribution in [3.8, 4) is 0 Å². The molecular weight excluding hydrogens is 786 g/mol. The van der Waals surface area contributed by atoms with Crippen LogP contribution in [0.1, 0.15) is 181 Å². The van der Waals surface area contributed by atoms with Gasteiger partial charge in [0.25, 0.3) is 0 Å². The summed E-state index contributed by atoms with van der Waals surface area (Å²) in [7, 11) is -4.44. The van der Waals surface area contributed by atoms with Crippen molar-refractivity contribution in [1.82, 2.24) is 5.32 Å². The Morgan fingerprint density at radius 2 is 0.885 bits per heavy atom. The summed E-state index contributed by atoms with van der Waals surface area (Å²) >= 11 is 0. The fourth-order valence-corrected chi connectivity index (χ4v) is 6.63. The zero-order chi connectivity index (χ0) is 44.6. The van der Waals surface area contributed by atoms with Crippen LogP contribution < -0.4 is 5.32 Å². The van der Waals surface area contributed by atoms with Gasteiger partial charge >= 0.3 is 13.8 Å². The Balaban J connectivity index is 3.70. The lowest BCUT2D eigenvalue weighted by Gasteiger charge is -2.15. The highest BCUT2D eigenvalue weighted by atomic mass is 31.2. The third-order valence-corrected chi connectivity index (χ3v) is 10.5. The van der Waals surface area contributed by atoms with Crippen molar-refractivity contribution in [3.05, 3.63) is 97.2 Å². The summed E-state index contributed by atoms with van der Waals surface area (Å²) < 4.78 is 26.9. The van der Waals surface area contributed by atoms with Crippen molar-refractivity contribution in [3.63, 3.8) is 0 Å². The van der Waals surface area contributed by atoms with Crippen LogP contribution >= 0.6 is 7.82 Å². The van der Waals surface area contributed by atoms with E-state index >= 15 is 0 Å². The average Bonchev–Trinajstić information content (AvgIpc) is 3.25. The van der Waals surface area contributed by atoms with Gasteiger partial charge < -0.3 is 20.1 Å². The molecule has 0 aromatic rings. The summed E-state index contributed by atoms with van der Waals surface area (Å²) in [5.74, 6) is -0.573. The van der Waals surface area contributed by atoms with Gasteiger partial charge in [0.15, 0.2) is 0 Å². The van der Waals surface area contributed by atoms with E-state index in [0.29, 0.717) is 12.8 Å². The molecular formula is C51H86NO8P. The molecule has 0 saturated carbocycles. The summed E-state index contributed by atoms with van der Waals surface area (Å²) in [5.41, 5.74) is 0. The molecule has 0 spiro atoms. The molecule has 10 heteroatoms. The fraction of sp³-hybridized carbons (Fsp3) is 0.647. The van der Waals surface area contributed by atoms with Gasteiger partial charge in [-0.3, -0.25) is 18.6 Å². The summed E-state index contributed by atoms with van der Waals surface area (Å²) in [6.07, 6.45) is 60.5. The molecule has 2 atom stereocenters. The maximum Gasteiger partial charge on any atom is 0.472 e. The monoisotopic (exact) mass is 872 g/mol. The largest absolute Gasteiger partial charge is 0.472 e. The van der Waals surface area contributed by atoms with Gasteiger partial charge in [-0.1, -0.05) is 162 Å². The molecule has 61 heavy (non-hydrogen) atoms. The second-order valence-electron chi connectivity index (χ2n) is 15.4. The number of esters is 1. The van der Waals surface area contributed by atoms with Crippen LogP contribution in [0.4, 0.5) is 0 Å². The smallest absolute Gasteiger partial charge is 0.463 e. The number of ether oxygens (including phenoxy) is 1. The van der Waals surface area contributed by atoms with E-state index in [-0.39, 0.29) is 32.1 Å². The first-order valence-electron chi connectivity index (χ1n) is 23.7. The van der Waals surface area contributed by atoms with Crippen LogP contribution in [-0.2, 0) is 27.9 Å². The molecule has 0 aliphatic heterocycles. The van der Waals surface area contributed by atoms with Gasteiger partial charge in [-0.05, 0) is 103 Å². The Morgan fingerprint density at radius 1 is 0.508 bits per heavy atom. The molecule has 0 saturated heterocycles. The number of carbonyl (C=O) groups excluding carboxylic acids is 2. The third-order valence-electron chi connectivity index (χ3n) is 9.49. The van der Waals surface area contributed by atoms with E-state index in [1.54, 1.807) is 0 Å². The van der Waals surface area contributed by atoms with Gasteiger partial charge in [-0.25, -0.2) is 4.57 Å². The van der Waals surface area contributed by atoms with Crippen molar-refractivity contribution in [1.29, 1.82) is 0 Å². The van der Waals surface area contributed by atoms with Gasteiger partial charge in [0, 0.05) is 19.4 Å². The highest BCUT2D eigenvalue weighted by Crippen LogP contribution is 2.42. The summed E-state index contributed by atoms with van der Waals surface area (Å²) in [4.78, 5) is 34.0. The predicted octanol–water partition coefficient (Wildman–Crippen LogP) is 13.8. The Kier molecular flexibility index (Phi) is 44.1. The Bertz CT molecular complexity index is 1320. The van der Waals surface area contributed by atoms with Gasteiger partial charge in [0.2, 0.25) is 5.91 Å². The molecule has 0 aromatic heterocycles. The predicted molar refractivity (Wildman–Crippen MR) is 256 cm³/mol. The number of nitrogens with one attached hydrogen (secondary N) is 1. The number of aliphatic hydroxyl groups excluding tert-OH is 1. The highest BCUT2D eigenvalue weighted by Gasteiger charge is 2.23. The van der Waals surface area contributed by atoms with E-state index in [4.69, 9.17) is 13.8 Å². The molecule has 348 valence electrons. The van der Waals surface area contributed by atoms with Crippen molar-refractivity contribution >= 4 is 19.7 Å². The van der Waals surface area contributed by atoms with Gasteiger partial charge in [0.05, 0.1) is 13.2 Å². The minimum absolute atomic E-state index is 0.0561. The number of carbonyl (C=O) groups is 2. The Morgan fingerprint density at radius 3 is 1.34 bits per heavy atom. The zero-order valence-corrected chi connectivity index (χ0v) is 39.2. The standard InChI is InChI=1S/C51H86NO8P/c1-3-5-7-9-11-13-15-17-19-21-23-24-26-28-30-32-34-36-38-40-42-44-51(55)58-47-49(53)48-60-61(56,57)59-46-45-52-50(54)43-41-39-37-35-33-31-29-27-25-22-20-18-16-14-12-10-8-6-4-2/h11-14,17-20,23-25,27-28,30-31,33,49,53H,3-10,15-16,21-22,26,29,32,34-48H2,1-2H3,(H,52,54)(H,56,57)/b13-11-,14-12-,19-17-,20-18-,24-23-,27-25-,30-28-,33-31-. The molecule has 1 amide bonds. The molecule has 3 N–H and O–H groups in total. The van der Waals surface area contributed by atoms with E-state index in [1.807, 2.05) is 0 Å². The first-order valence-corrected chi connectivity index (χ1v) is 25.2. The quantitative estimate of drug-likeness (QED) is 0.0239. The van der Waals surface area contributed by atoms with Gasteiger partial charge in [-0.15, -0.1) is 0 Å². The molecule has 0 heterocycles. The number of hydrogen-bond donors (Lipinski definition) is 3. The molecule has 0 bridgehead atoms. The lowest BCUT2D eigenvalue weighted by molar-refractivity contribution is -0.147. The van der Waals surface area contributed by atoms with Crippen LogP contribution in [0.3, 0.4) is 0 Å². The SMILES string of the molecule is CCCCC/C=C\C/C=C\C/C=C\C/C=C\CCCCCCCC(=O)OCC(O)COP(=O)(O)OCCNC(=O)CCCCC/C=C\C/C=C\C/C=C\C/C=C\CCCCC. The minimum Gasteiger partial charge on any atom is -0.463 e. The Labute approximate surface area is 372 Å². The second kappa shape index (κ2) is 46.4. The Hall–Kier alpha value is -3.07. The molecule has 9 nitrogen and oxygen atoms in total. The summed E-state index contributed by atoms with van der Waals surface area (Å²) in [6, 6.07) is 0. The molecule has 0 aliphatic rings. The number of hydrogen-bond acceptors (Lipinski definition) is 7. The lowest BCUT2D eigenvalue weighted by atomic mass is 10.1. The number of amides is 1.